The van der Waals surface area contributed by atoms with Gasteiger partial charge >= 0.3 is 0 Å². The van der Waals surface area contributed by atoms with Crippen LogP contribution in [-0.2, 0) is 17.8 Å². The van der Waals surface area contributed by atoms with Crippen molar-refractivity contribution in [1.82, 2.24) is 5.32 Å². The number of carbonyl (C=O) groups is 1. The van der Waals surface area contributed by atoms with Gasteiger partial charge in [0.15, 0.2) is 0 Å². The number of benzene rings is 2. The third-order valence-electron chi connectivity index (χ3n) is 3.03. The number of methoxy groups -OCH3 is 1. The molecule has 0 aliphatic rings. The first kappa shape index (κ1) is 15.7. The van der Waals surface area contributed by atoms with E-state index in [2.05, 4.69) is 5.32 Å². The topological polar surface area (TPSA) is 38.3 Å². The predicted molar refractivity (Wildman–Crippen MR) is 85.0 cm³/mol. The first-order valence-electron chi connectivity index (χ1n) is 6.42. The smallest absolute Gasteiger partial charge is 0.224 e. The van der Waals surface area contributed by atoms with Gasteiger partial charge in [-0.15, -0.1) is 0 Å². The molecule has 5 heteroatoms. The van der Waals surface area contributed by atoms with Crippen molar-refractivity contribution >= 4 is 29.1 Å². The molecule has 0 radical (unpaired) electrons. The van der Waals surface area contributed by atoms with Gasteiger partial charge in [-0.25, -0.2) is 0 Å². The zero-order valence-electron chi connectivity index (χ0n) is 11.5. The number of para-hydroxylation sites is 1. The Kier molecular flexibility index (Phi) is 5.48. The molecule has 2 aromatic rings. The normalized spacial score (nSPS) is 10.2. The highest BCUT2D eigenvalue weighted by molar-refractivity contribution is 6.35. The zero-order valence-corrected chi connectivity index (χ0v) is 13.0. The maximum absolute atomic E-state index is 12.0. The molecule has 0 aliphatic carbocycles. The van der Waals surface area contributed by atoms with E-state index in [0.29, 0.717) is 16.6 Å². The van der Waals surface area contributed by atoms with E-state index in [-0.39, 0.29) is 12.3 Å². The fourth-order valence-corrected chi connectivity index (χ4v) is 2.42. The molecular weight excluding hydrogens is 309 g/mol. The van der Waals surface area contributed by atoms with Crippen molar-refractivity contribution in [3.63, 3.8) is 0 Å². The fraction of sp³-hybridized carbons (Fsp3) is 0.188. The summed E-state index contributed by atoms with van der Waals surface area (Å²) in [5.74, 6) is 0.646. The number of hydrogen-bond acceptors (Lipinski definition) is 2. The Hall–Kier alpha value is -1.71. The Labute approximate surface area is 133 Å². The molecule has 0 bridgehead atoms. The molecule has 0 fully saturated rings. The van der Waals surface area contributed by atoms with Crippen LogP contribution in [0.25, 0.3) is 0 Å². The quantitative estimate of drug-likeness (QED) is 0.907. The van der Waals surface area contributed by atoms with Gasteiger partial charge in [-0.05, 0) is 23.8 Å². The monoisotopic (exact) mass is 323 g/mol. The third-order valence-corrected chi connectivity index (χ3v) is 3.62. The maximum Gasteiger partial charge on any atom is 0.224 e. The van der Waals surface area contributed by atoms with Crippen LogP contribution in [0.3, 0.4) is 0 Å². The van der Waals surface area contributed by atoms with Crippen molar-refractivity contribution in [3.05, 3.63) is 63.6 Å². The van der Waals surface area contributed by atoms with Crippen LogP contribution in [0.15, 0.2) is 42.5 Å². The molecule has 0 aromatic heterocycles. The summed E-state index contributed by atoms with van der Waals surface area (Å²) in [7, 11) is 1.61. The first-order valence-corrected chi connectivity index (χ1v) is 7.18. The molecule has 1 N–H and O–H groups in total. The Bertz CT molecular complexity index is 644. The first-order chi connectivity index (χ1) is 10.1. The number of ether oxygens (including phenoxy) is 1. The highest BCUT2D eigenvalue weighted by Gasteiger charge is 2.09. The number of amides is 1. The minimum absolute atomic E-state index is 0.106. The summed E-state index contributed by atoms with van der Waals surface area (Å²) in [6.45, 7) is 0.411. The van der Waals surface area contributed by atoms with Gasteiger partial charge in [0.05, 0.1) is 13.5 Å². The third kappa shape index (κ3) is 4.38. The van der Waals surface area contributed by atoms with Gasteiger partial charge in [0.2, 0.25) is 5.91 Å². The molecule has 21 heavy (non-hydrogen) atoms. The summed E-state index contributed by atoms with van der Waals surface area (Å²) in [6, 6.07) is 12.7. The SMILES string of the molecule is COc1ccccc1CNC(=O)Cc1ccc(Cl)cc1Cl. The Morgan fingerprint density at radius 3 is 2.62 bits per heavy atom. The average molecular weight is 324 g/mol. The van der Waals surface area contributed by atoms with Crippen molar-refractivity contribution in [2.75, 3.05) is 7.11 Å². The van der Waals surface area contributed by atoms with E-state index in [1.807, 2.05) is 24.3 Å². The van der Waals surface area contributed by atoms with Gasteiger partial charge in [0.1, 0.15) is 5.75 Å². The van der Waals surface area contributed by atoms with Gasteiger partial charge in [-0.2, -0.15) is 0 Å². The summed E-state index contributed by atoms with van der Waals surface area (Å²) in [6.07, 6.45) is 0.213. The second-order valence-corrected chi connectivity index (χ2v) is 5.34. The molecule has 0 saturated heterocycles. The lowest BCUT2D eigenvalue weighted by molar-refractivity contribution is -0.120. The van der Waals surface area contributed by atoms with E-state index in [1.165, 1.54) is 0 Å². The van der Waals surface area contributed by atoms with E-state index in [9.17, 15) is 4.79 Å². The van der Waals surface area contributed by atoms with Crippen LogP contribution >= 0.6 is 23.2 Å². The second kappa shape index (κ2) is 7.34. The van der Waals surface area contributed by atoms with E-state index in [1.54, 1.807) is 25.3 Å². The predicted octanol–water partition coefficient (Wildman–Crippen LogP) is 3.86. The number of carbonyl (C=O) groups excluding carboxylic acids is 1. The van der Waals surface area contributed by atoms with Crippen molar-refractivity contribution in [2.24, 2.45) is 0 Å². The molecule has 0 aliphatic heterocycles. The van der Waals surface area contributed by atoms with Crippen molar-refractivity contribution in [2.45, 2.75) is 13.0 Å². The van der Waals surface area contributed by atoms with Crippen molar-refractivity contribution in [3.8, 4) is 5.75 Å². The molecule has 2 rings (SSSR count). The molecule has 110 valence electrons. The lowest BCUT2D eigenvalue weighted by Gasteiger charge is -2.10. The average Bonchev–Trinajstić information content (AvgIpc) is 2.48. The fourth-order valence-electron chi connectivity index (χ4n) is 1.94. The summed E-state index contributed by atoms with van der Waals surface area (Å²) in [4.78, 5) is 12.0. The lowest BCUT2D eigenvalue weighted by atomic mass is 10.1. The summed E-state index contributed by atoms with van der Waals surface area (Å²) in [5, 5.41) is 3.90. The molecule has 3 nitrogen and oxygen atoms in total. The Morgan fingerprint density at radius 2 is 1.90 bits per heavy atom. The molecule has 2 aromatic carbocycles. The number of hydrogen-bond donors (Lipinski definition) is 1. The number of nitrogens with one attached hydrogen (secondary N) is 1. The van der Waals surface area contributed by atoms with E-state index in [4.69, 9.17) is 27.9 Å². The van der Waals surface area contributed by atoms with Gasteiger partial charge in [0, 0.05) is 22.2 Å². The van der Waals surface area contributed by atoms with Crippen LogP contribution in [0.1, 0.15) is 11.1 Å². The van der Waals surface area contributed by atoms with Crippen LogP contribution in [0.5, 0.6) is 5.75 Å². The standard InChI is InChI=1S/C16H15Cl2NO2/c1-21-15-5-3-2-4-12(15)10-19-16(20)8-11-6-7-13(17)9-14(11)18/h2-7,9H,8,10H2,1H3,(H,19,20). The van der Waals surface area contributed by atoms with Gasteiger partial charge in [-0.1, -0.05) is 47.5 Å². The lowest BCUT2D eigenvalue weighted by Crippen LogP contribution is -2.24. The van der Waals surface area contributed by atoms with Crippen molar-refractivity contribution in [1.29, 1.82) is 0 Å². The number of halogens is 2. The van der Waals surface area contributed by atoms with Gasteiger partial charge < -0.3 is 10.1 Å². The van der Waals surface area contributed by atoms with Crippen LogP contribution in [0.4, 0.5) is 0 Å². The van der Waals surface area contributed by atoms with E-state index >= 15 is 0 Å². The summed E-state index contributed by atoms with van der Waals surface area (Å²) in [5.41, 5.74) is 1.68. The molecule has 1 amide bonds. The number of rotatable bonds is 5. The molecule has 0 spiro atoms. The van der Waals surface area contributed by atoms with Crippen LogP contribution in [0, 0.1) is 0 Å². The summed E-state index contributed by atoms with van der Waals surface area (Å²) >= 11 is 11.9. The van der Waals surface area contributed by atoms with Crippen LogP contribution < -0.4 is 10.1 Å². The minimum Gasteiger partial charge on any atom is -0.496 e. The van der Waals surface area contributed by atoms with Crippen molar-refractivity contribution < 1.29 is 9.53 Å². The zero-order chi connectivity index (χ0) is 15.2. The second-order valence-electron chi connectivity index (χ2n) is 4.50. The largest absolute Gasteiger partial charge is 0.496 e. The van der Waals surface area contributed by atoms with Crippen LogP contribution in [-0.4, -0.2) is 13.0 Å². The van der Waals surface area contributed by atoms with Gasteiger partial charge in [0.25, 0.3) is 0 Å². The summed E-state index contributed by atoms with van der Waals surface area (Å²) < 4.78 is 5.24. The van der Waals surface area contributed by atoms with E-state index in [0.717, 1.165) is 16.9 Å². The molecule has 0 atom stereocenters. The van der Waals surface area contributed by atoms with Gasteiger partial charge in [-0.3, -0.25) is 4.79 Å². The minimum atomic E-state index is -0.106. The van der Waals surface area contributed by atoms with Crippen LogP contribution in [0.2, 0.25) is 10.0 Å². The highest BCUT2D eigenvalue weighted by Crippen LogP contribution is 2.21. The molecule has 0 unspecified atom stereocenters. The Balaban J connectivity index is 1.96. The maximum atomic E-state index is 12.0. The van der Waals surface area contributed by atoms with E-state index < -0.39 is 0 Å². The molecular formula is C16H15Cl2NO2. The highest BCUT2D eigenvalue weighted by atomic mass is 35.5. The molecule has 0 saturated carbocycles. The Morgan fingerprint density at radius 1 is 1.14 bits per heavy atom. The molecule has 0 heterocycles.